The van der Waals surface area contributed by atoms with Crippen LogP contribution in [0.1, 0.15) is 12.0 Å². The minimum absolute atomic E-state index is 0.0777. The van der Waals surface area contributed by atoms with Crippen LogP contribution in [0.25, 0.3) is 0 Å². The van der Waals surface area contributed by atoms with E-state index in [0.29, 0.717) is 12.4 Å². The fourth-order valence-electron chi connectivity index (χ4n) is 1.41. The molecule has 74 valence electrons. The summed E-state index contributed by atoms with van der Waals surface area (Å²) in [6.45, 7) is 0.589. The van der Waals surface area contributed by atoms with Gasteiger partial charge in [-0.25, -0.2) is 0 Å². The molecule has 0 aliphatic carbocycles. The Morgan fingerprint density at radius 2 is 2.43 bits per heavy atom. The predicted molar refractivity (Wildman–Crippen MR) is 49.7 cm³/mol. The Morgan fingerprint density at radius 1 is 1.64 bits per heavy atom. The Kier molecular flexibility index (Phi) is 2.25. The van der Waals surface area contributed by atoms with E-state index in [-0.39, 0.29) is 11.0 Å². The highest BCUT2D eigenvalue weighted by atomic mass is 35.5. The Balaban J connectivity index is 2.51. The maximum Gasteiger partial charge on any atom is 0.365 e. The van der Waals surface area contributed by atoms with Gasteiger partial charge >= 0.3 is 5.82 Å². The van der Waals surface area contributed by atoms with E-state index in [1.54, 1.807) is 0 Å². The lowest BCUT2D eigenvalue weighted by atomic mass is 10.1. The smallest absolute Gasteiger partial charge is 0.365 e. The number of fused-ring (bicyclic) bond motifs is 1. The number of ether oxygens (including phenoxy) is 1. The molecule has 14 heavy (non-hydrogen) atoms. The second kappa shape index (κ2) is 3.42. The van der Waals surface area contributed by atoms with Gasteiger partial charge in [0.1, 0.15) is 0 Å². The number of nitro groups is 1. The third-order valence-electron chi connectivity index (χ3n) is 2.02. The van der Waals surface area contributed by atoms with Crippen molar-refractivity contribution in [3.05, 3.63) is 26.9 Å². The topological polar surface area (TPSA) is 65.3 Å². The highest BCUT2D eigenvalue weighted by Gasteiger charge is 2.22. The van der Waals surface area contributed by atoms with Crippen molar-refractivity contribution in [2.45, 2.75) is 12.8 Å². The molecule has 0 unspecified atom stereocenters. The van der Waals surface area contributed by atoms with Crippen molar-refractivity contribution < 1.29 is 9.66 Å². The normalized spacial score (nSPS) is 14.4. The Morgan fingerprint density at radius 3 is 3.14 bits per heavy atom. The largest absolute Gasteiger partial charge is 0.488 e. The summed E-state index contributed by atoms with van der Waals surface area (Å²) in [7, 11) is 0. The summed E-state index contributed by atoms with van der Waals surface area (Å²) in [5, 5.41) is 10.6. The SMILES string of the molecule is O=[N+]([O-])c1cc2c(c(Cl)n1)OCCC2. The molecule has 6 heteroatoms. The molecule has 0 fully saturated rings. The first kappa shape index (κ1) is 9.21. The maximum atomic E-state index is 10.5. The van der Waals surface area contributed by atoms with Crippen LogP contribution in [0.4, 0.5) is 5.82 Å². The van der Waals surface area contributed by atoms with Crippen LogP contribution >= 0.6 is 11.6 Å². The molecule has 1 aliphatic heterocycles. The lowest BCUT2D eigenvalue weighted by molar-refractivity contribution is -0.389. The Bertz CT molecular complexity index is 394. The van der Waals surface area contributed by atoms with Crippen LogP contribution in [0.3, 0.4) is 0 Å². The van der Waals surface area contributed by atoms with E-state index in [9.17, 15) is 10.1 Å². The van der Waals surface area contributed by atoms with E-state index in [1.807, 2.05) is 0 Å². The summed E-state index contributed by atoms with van der Waals surface area (Å²) >= 11 is 5.75. The van der Waals surface area contributed by atoms with Crippen LogP contribution in [-0.4, -0.2) is 16.5 Å². The summed E-state index contributed by atoms with van der Waals surface area (Å²) in [5.41, 5.74) is 0.767. The first-order valence-electron chi connectivity index (χ1n) is 4.15. The van der Waals surface area contributed by atoms with Gasteiger partial charge in [0, 0.05) is 11.6 Å². The molecular weight excluding hydrogens is 208 g/mol. The van der Waals surface area contributed by atoms with Crippen LogP contribution in [0.15, 0.2) is 6.07 Å². The monoisotopic (exact) mass is 214 g/mol. The van der Waals surface area contributed by atoms with Gasteiger partial charge in [0.25, 0.3) is 5.15 Å². The van der Waals surface area contributed by atoms with E-state index < -0.39 is 4.92 Å². The van der Waals surface area contributed by atoms with Crippen molar-refractivity contribution in [1.29, 1.82) is 0 Å². The van der Waals surface area contributed by atoms with Crippen molar-refractivity contribution in [3.8, 4) is 5.75 Å². The zero-order valence-corrected chi connectivity index (χ0v) is 7.95. The molecule has 1 aromatic rings. The van der Waals surface area contributed by atoms with Gasteiger partial charge in [-0.15, -0.1) is 0 Å². The second-order valence-corrected chi connectivity index (χ2v) is 3.33. The number of halogens is 1. The van der Waals surface area contributed by atoms with Gasteiger partial charge in [0.15, 0.2) is 5.75 Å². The maximum absolute atomic E-state index is 10.5. The molecule has 0 bridgehead atoms. The summed E-state index contributed by atoms with van der Waals surface area (Å²) in [4.78, 5) is 13.6. The number of hydrogen-bond acceptors (Lipinski definition) is 4. The van der Waals surface area contributed by atoms with Gasteiger partial charge in [-0.3, -0.25) is 0 Å². The number of aryl methyl sites for hydroxylation is 1. The highest BCUT2D eigenvalue weighted by Crippen LogP contribution is 2.33. The fraction of sp³-hybridized carbons (Fsp3) is 0.375. The Labute approximate surface area is 84.8 Å². The molecule has 0 atom stereocenters. The second-order valence-electron chi connectivity index (χ2n) is 2.97. The summed E-state index contributed by atoms with van der Waals surface area (Å²) in [6.07, 6.45) is 1.60. The van der Waals surface area contributed by atoms with Gasteiger partial charge < -0.3 is 14.9 Å². The van der Waals surface area contributed by atoms with Crippen molar-refractivity contribution in [3.63, 3.8) is 0 Å². The molecule has 0 radical (unpaired) electrons. The minimum Gasteiger partial charge on any atom is -0.488 e. The van der Waals surface area contributed by atoms with E-state index >= 15 is 0 Å². The molecule has 5 nitrogen and oxygen atoms in total. The van der Waals surface area contributed by atoms with Gasteiger partial charge in [-0.1, -0.05) is 0 Å². The van der Waals surface area contributed by atoms with Gasteiger partial charge in [-0.05, 0) is 34.3 Å². The molecule has 0 amide bonds. The van der Waals surface area contributed by atoms with Crippen molar-refractivity contribution in [1.82, 2.24) is 4.98 Å². The molecule has 0 saturated carbocycles. The van der Waals surface area contributed by atoms with Crippen molar-refractivity contribution in [2.24, 2.45) is 0 Å². The standard InChI is InChI=1S/C8H7ClN2O3/c9-8-7-5(2-1-3-14-7)4-6(10-8)11(12)13/h4H,1-3H2. The first-order valence-corrected chi connectivity index (χ1v) is 4.53. The lowest BCUT2D eigenvalue weighted by Crippen LogP contribution is -2.10. The lowest BCUT2D eigenvalue weighted by Gasteiger charge is -2.15. The average molecular weight is 215 g/mol. The molecule has 0 N–H and O–H groups in total. The number of nitrogens with zero attached hydrogens (tertiary/aromatic N) is 2. The highest BCUT2D eigenvalue weighted by molar-refractivity contribution is 6.31. The third-order valence-corrected chi connectivity index (χ3v) is 2.28. The summed E-state index contributed by atoms with van der Waals surface area (Å²) < 4.78 is 5.27. The predicted octanol–water partition coefficient (Wildman–Crippen LogP) is 1.97. The number of aromatic nitrogens is 1. The zero-order chi connectivity index (χ0) is 10.1. The number of hydrogen-bond donors (Lipinski definition) is 0. The minimum atomic E-state index is -0.555. The number of pyridine rings is 1. The fourth-order valence-corrected chi connectivity index (χ4v) is 1.67. The molecule has 0 spiro atoms. The van der Waals surface area contributed by atoms with Crippen molar-refractivity contribution >= 4 is 17.4 Å². The quantitative estimate of drug-likeness (QED) is 0.407. The molecule has 2 rings (SSSR count). The van der Waals surface area contributed by atoms with E-state index in [4.69, 9.17) is 16.3 Å². The molecule has 1 aromatic heterocycles. The molecular formula is C8H7ClN2O3. The average Bonchev–Trinajstić information content (AvgIpc) is 2.17. The van der Waals surface area contributed by atoms with Crippen molar-refractivity contribution in [2.75, 3.05) is 6.61 Å². The van der Waals surface area contributed by atoms with Crippen LogP contribution in [0.2, 0.25) is 5.15 Å². The van der Waals surface area contributed by atoms with Crippen LogP contribution in [0, 0.1) is 10.1 Å². The van der Waals surface area contributed by atoms with Gasteiger partial charge in [0.2, 0.25) is 0 Å². The summed E-state index contributed by atoms with van der Waals surface area (Å²) in [5.74, 6) is 0.266. The van der Waals surface area contributed by atoms with Crippen LogP contribution in [-0.2, 0) is 6.42 Å². The molecule has 1 aliphatic rings. The number of rotatable bonds is 1. The van der Waals surface area contributed by atoms with E-state index in [1.165, 1.54) is 6.07 Å². The van der Waals surface area contributed by atoms with Crippen LogP contribution < -0.4 is 4.74 Å². The van der Waals surface area contributed by atoms with E-state index in [2.05, 4.69) is 4.98 Å². The van der Waals surface area contributed by atoms with Gasteiger partial charge in [0.05, 0.1) is 6.61 Å². The van der Waals surface area contributed by atoms with Crippen LogP contribution in [0.5, 0.6) is 5.75 Å². The molecule has 0 aromatic carbocycles. The van der Waals surface area contributed by atoms with Gasteiger partial charge in [-0.2, -0.15) is 0 Å². The molecule has 2 heterocycles. The first-order chi connectivity index (χ1) is 6.68. The third kappa shape index (κ3) is 1.50. The summed E-state index contributed by atoms with van der Waals surface area (Å²) in [6, 6.07) is 1.42. The van der Waals surface area contributed by atoms with E-state index in [0.717, 1.165) is 18.4 Å². The zero-order valence-electron chi connectivity index (χ0n) is 7.20. The molecule has 0 saturated heterocycles. The Hall–Kier alpha value is -1.36.